The number of hydrogen-bond acceptors (Lipinski definition) is 3. The molecule has 18 heavy (non-hydrogen) atoms. The van der Waals surface area contributed by atoms with E-state index in [1.165, 1.54) is 12.7 Å². The number of hydrogen-bond donors (Lipinski definition) is 1. The molecule has 1 aromatic carbocycles. The molecule has 1 aliphatic rings. The second kappa shape index (κ2) is 5.52. The molecule has 1 N–H and O–H groups in total. The van der Waals surface area contributed by atoms with Crippen LogP contribution in [0.4, 0.5) is 0 Å². The minimum absolute atomic E-state index is 0.0398. The van der Waals surface area contributed by atoms with Gasteiger partial charge in [-0.15, -0.1) is 0 Å². The van der Waals surface area contributed by atoms with Gasteiger partial charge in [-0.2, -0.15) is 0 Å². The van der Waals surface area contributed by atoms with Crippen LogP contribution in [-0.2, 0) is 20.7 Å². The topological polar surface area (TPSA) is 55.4 Å². The van der Waals surface area contributed by atoms with E-state index in [2.05, 4.69) is 26.0 Å². The van der Waals surface area contributed by atoms with Crippen molar-refractivity contribution in [3.05, 3.63) is 35.4 Å². The first kappa shape index (κ1) is 13.1. The smallest absolute Gasteiger partial charge is 0.321 e. The number of carbonyl (C=O) groups excluding carboxylic acids is 2. The van der Waals surface area contributed by atoms with Crippen molar-refractivity contribution >= 4 is 27.8 Å². The summed E-state index contributed by atoms with van der Waals surface area (Å²) in [6, 6.07) is 7.90. The Kier molecular flexibility index (Phi) is 4.01. The van der Waals surface area contributed by atoms with Crippen LogP contribution in [0.3, 0.4) is 0 Å². The summed E-state index contributed by atoms with van der Waals surface area (Å²) >= 11 is 3.16. The van der Waals surface area contributed by atoms with Gasteiger partial charge >= 0.3 is 5.97 Å². The largest absolute Gasteiger partial charge is 0.468 e. The maximum atomic E-state index is 11.9. The third-order valence-corrected chi connectivity index (χ3v) is 3.78. The number of amides is 1. The normalized spacial score (nSPS) is 18.2. The first-order valence-electron chi connectivity index (χ1n) is 5.71. The van der Waals surface area contributed by atoms with Gasteiger partial charge in [0, 0.05) is 6.54 Å². The molecule has 0 heterocycles. The van der Waals surface area contributed by atoms with Crippen molar-refractivity contribution in [3.8, 4) is 0 Å². The minimum atomic E-state index is -0.498. The molecule has 0 spiro atoms. The third kappa shape index (κ3) is 2.56. The Labute approximate surface area is 114 Å². The number of nitrogens with one attached hydrogen (secondary N) is 1. The van der Waals surface area contributed by atoms with E-state index < -0.39 is 4.83 Å². The fourth-order valence-corrected chi connectivity index (χ4v) is 2.37. The van der Waals surface area contributed by atoms with E-state index >= 15 is 0 Å². The Morgan fingerprint density at radius 2 is 2.22 bits per heavy atom. The highest BCUT2D eigenvalue weighted by Crippen LogP contribution is 2.34. The Morgan fingerprint density at radius 1 is 1.50 bits per heavy atom. The van der Waals surface area contributed by atoms with E-state index in [0.29, 0.717) is 0 Å². The summed E-state index contributed by atoms with van der Waals surface area (Å²) in [6.07, 6.45) is 0.771. The molecule has 2 unspecified atom stereocenters. The number of fused-ring (bicyclic) bond motifs is 1. The highest BCUT2D eigenvalue weighted by Gasteiger charge is 2.32. The molecule has 0 aromatic heterocycles. The quantitative estimate of drug-likeness (QED) is 0.675. The molecular formula is C13H14BrNO3. The Bertz CT molecular complexity index is 475. The monoisotopic (exact) mass is 311 g/mol. The van der Waals surface area contributed by atoms with Gasteiger partial charge in [0.2, 0.25) is 5.91 Å². The van der Waals surface area contributed by atoms with E-state index in [9.17, 15) is 9.59 Å². The summed E-state index contributed by atoms with van der Waals surface area (Å²) in [5.74, 6) is -0.509. The zero-order chi connectivity index (χ0) is 13.1. The SMILES string of the molecule is COC(=O)C(Br)CNC(=O)C1Cc2ccccc21. The van der Waals surface area contributed by atoms with E-state index in [1.807, 2.05) is 24.3 Å². The average molecular weight is 312 g/mol. The molecule has 96 valence electrons. The van der Waals surface area contributed by atoms with Gasteiger partial charge in [-0.05, 0) is 17.5 Å². The summed E-state index contributed by atoms with van der Waals surface area (Å²) in [4.78, 5) is 22.6. The molecule has 0 fully saturated rings. The van der Waals surface area contributed by atoms with Crippen molar-refractivity contribution in [1.82, 2.24) is 5.32 Å². The van der Waals surface area contributed by atoms with Crippen molar-refractivity contribution in [2.75, 3.05) is 13.7 Å². The van der Waals surface area contributed by atoms with Gasteiger partial charge < -0.3 is 10.1 Å². The fraction of sp³-hybridized carbons (Fsp3) is 0.385. The lowest BCUT2D eigenvalue weighted by Gasteiger charge is -2.29. The zero-order valence-electron chi connectivity index (χ0n) is 9.98. The number of halogens is 1. The van der Waals surface area contributed by atoms with E-state index in [0.717, 1.165) is 12.0 Å². The second-order valence-electron chi connectivity index (χ2n) is 4.19. The summed E-state index contributed by atoms with van der Waals surface area (Å²) in [7, 11) is 1.32. The van der Waals surface area contributed by atoms with Crippen LogP contribution in [0.15, 0.2) is 24.3 Å². The van der Waals surface area contributed by atoms with E-state index in [1.54, 1.807) is 0 Å². The number of ether oxygens (including phenoxy) is 1. The molecular weight excluding hydrogens is 298 g/mol. The van der Waals surface area contributed by atoms with Crippen LogP contribution >= 0.6 is 15.9 Å². The molecule has 0 radical (unpaired) electrons. The van der Waals surface area contributed by atoms with Crippen molar-refractivity contribution in [1.29, 1.82) is 0 Å². The van der Waals surface area contributed by atoms with Gasteiger partial charge in [-0.1, -0.05) is 40.2 Å². The minimum Gasteiger partial charge on any atom is -0.468 e. The van der Waals surface area contributed by atoms with Crippen molar-refractivity contribution in [2.45, 2.75) is 17.2 Å². The summed E-state index contributed by atoms with van der Waals surface area (Å²) in [5, 5.41) is 2.75. The van der Waals surface area contributed by atoms with Crippen LogP contribution in [0.2, 0.25) is 0 Å². The second-order valence-corrected chi connectivity index (χ2v) is 5.30. The van der Waals surface area contributed by atoms with E-state index in [-0.39, 0.29) is 24.3 Å². The van der Waals surface area contributed by atoms with E-state index in [4.69, 9.17) is 0 Å². The van der Waals surface area contributed by atoms with Crippen LogP contribution in [0.1, 0.15) is 17.0 Å². The van der Waals surface area contributed by atoms with Crippen molar-refractivity contribution in [3.63, 3.8) is 0 Å². The fourth-order valence-electron chi connectivity index (χ4n) is 2.02. The van der Waals surface area contributed by atoms with Gasteiger partial charge in [0.15, 0.2) is 0 Å². The van der Waals surface area contributed by atoms with Gasteiger partial charge in [-0.25, -0.2) is 0 Å². The number of benzene rings is 1. The molecule has 2 rings (SSSR count). The maximum Gasteiger partial charge on any atom is 0.321 e. The highest BCUT2D eigenvalue weighted by molar-refractivity contribution is 9.10. The van der Waals surface area contributed by atoms with Gasteiger partial charge in [0.25, 0.3) is 0 Å². The summed E-state index contributed by atoms with van der Waals surface area (Å²) in [5.41, 5.74) is 2.31. The number of esters is 1. The van der Waals surface area contributed by atoms with Crippen LogP contribution in [0.25, 0.3) is 0 Å². The lowest BCUT2D eigenvalue weighted by molar-refractivity contribution is -0.139. The molecule has 0 bridgehead atoms. The highest BCUT2D eigenvalue weighted by atomic mass is 79.9. The standard InChI is InChI=1S/C13H14BrNO3/c1-18-13(17)11(14)7-15-12(16)10-6-8-4-2-3-5-9(8)10/h2-5,10-11H,6-7H2,1H3,(H,15,16). The van der Waals surface area contributed by atoms with Gasteiger partial charge in [-0.3, -0.25) is 9.59 Å². The third-order valence-electron chi connectivity index (χ3n) is 3.08. The molecule has 0 saturated heterocycles. The van der Waals surface area contributed by atoms with Crippen LogP contribution in [0, 0.1) is 0 Å². The predicted molar refractivity (Wildman–Crippen MR) is 70.6 cm³/mol. The first-order chi connectivity index (χ1) is 8.63. The molecule has 1 aromatic rings. The lowest BCUT2D eigenvalue weighted by atomic mass is 9.77. The lowest BCUT2D eigenvalue weighted by Crippen LogP contribution is -2.40. The number of rotatable bonds is 4. The van der Waals surface area contributed by atoms with Gasteiger partial charge in [0.1, 0.15) is 4.83 Å². The zero-order valence-corrected chi connectivity index (χ0v) is 11.6. The van der Waals surface area contributed by atoms with Crippen LogP contribution in [0.5, 0.6) is 0 Å². The predicted octanol–water partition coefficient (Wildman–Crippen LogP) is 1.38. The molecule has 1 amide bonds. The number of carbonyl (C=O) groups is 2. The Hall–Kier alpha value is -1.36. The molecule has 0 aliphatic heterocycles. The molecule has 4 nitrogen and oxygen atoms in total. The number of alkyl halides is 1. The van der Waals surface area contributed by atoms with Crippen LogP contribution < -0.4 is 5.32 Å². The van der Waals surface area contributed by atoms with Crippen molar-refractivity contribution in [2.24, 2.45) is 0 Å². The van der Waals surface area contributed by atoms with Crippen molar-refractivity contribution < 1.29 is 14.3 Å². The average Bonchev–Trinajstić information content (AvgIpc) is 2.36. The Balaban J connectivity index is 1.86. The summed E-state index contributed by atoms with van der Waals surface area (Å²) < 4.78 is 4.56. The van der Waals surface area contributed by atoms with Crippen LogP contribution in [-0.4, -0.2) is 30.4 Å². The first-order valence-corrected chi connectivity index (χ1v) is 6.62. The van der Waals surface area contributed by atoms with Gasteiger partial charge in [0.05, 0.1) is 13.0 Å². The Morgan fingerprint density at radius 3 is 2.89 bits per heavy atom. The molecule has 2 atom stereocenters. The summed E-state index contributed by atoms with van der Waals surface area (Å²) in [6.45, 7) is 0.240. The molecule has 0 saturated carbocycles. The molecule has 5 heteroatoms. The maximum absolute atomic E-state index is 11.9. The number of methoxy groups -OCH3 is 1. The molecule has 1 aliphatic carbocycles.